The van der Waals surface area contributed by atoms with E-state index in [4.69, 9.17) is 5.11 Å². The highest BCUT2D eigenvalue weighted by Crippen LogP contribution is 2.22. The molecule has 2 heterocycles. The summed E-state index contributed by atoms with van der Waals surface area (Å²) < 4.78 is 0. The van der Waals surface area contributed by atoms with Gasteiger partial charge >= 0.3 is 5.97 Å². The van der Waals surface area contributed by atoms with Gasteiger partial charge in [-0.1, -0.05) is 0 Å². The smallest absolute Gasteiger partial charge is 0.337 e. The molecule has 1 unspecified atom stereocenters. The van der Waals surface area contributed by atoms with Gasteiger partial charge in [0.1, 0.15) is 0 Å². The van der Waals surface area contributed by atoms with E-state index < -0.39 is 11.6 Å². The Hall–Kier alpha value is -1.46. The Bertz CT molecular complexity index is 446. The van der Waals surface area contributed by atoms with E-state index in [0.717, 1.165) is 19.4 Å². The number of carboxylic acid groups (broad SMARTS) is 1. The van der Waals surface area contributed by atoms with E-state index >= 15 is 0 Å². The van der Waals surface area contributed by atoms with Crippen LogP contribution in [0.4, 0.5) is 0 Å². The number of piperidine rings is 1. The average molecular weight is 250 g/mol. The average Bonchev–Trinajstić information content (AvgIpc) is 2.28. The van der Waals surface area contributed by atoms with Gasteiger partial charge in [-0.15, -0.1) is 0 Å². The zero-order valence-electron chi connectivity index (χ0n) is 10.5. The zero-order chi connectivity index (χ0) is 13.2. The summed E-state index contributed by atoms with van der Waals surface area (Å²) in [5.74, 6) is -0.957. The molecule has 5 nitrogen and oxygen atoms in total. The molecular formula is C13H18N2O3. The number of likely N-dealkylation sites (tertiary alicyclic amines) is 1. The van der Waals surface area contributed by atoms with Crippen molar-refractivity contribution in [1.29, 1.82) is 0 Å². The van der Waals surface area contributed by atoms with Crippen molar-refractivity contribution in [3.05, 3.63) is 29.6 Å². The highest BCUT2D eigenvalue weighted by Gasteiger charge is 2.29. The molecular weight excluding hydrogens is 232 g/mol. The van der Waals surface area contributed by atoms with Crippen molar-refractivity contribution in [1.82, 2.24) is 9.88 Å². The first-order valence-electron chi connectivity index (χ1n) is 6.10. The Morgan fingerprint density at radius 3 is 3.06 bits per heavy atom. The SMILES string of the molecule is CC1(O)CCCN(Cc2ncccc2C(=O)O)C1. The number of aliphatic hydroxyl groups is 1. The van der Waals surface area contributed by atoms with Crippen molar-refractivity contribution < 1.29 is 15.0 Å². The number of nitrogens with zero attached hydrogens (tertiary/aromatic N) is 2. The number of aromatic nitrogens is 1. The molecule has 0 spiro atoms. The van der Waals surface area contributed by atoms with Crippen molar-refractivity contribution in [2.75, 3.05) is 13.1 Å². The molecule has 0 aromatic carbocycles. The van der Waals surface area contributed by atoms with Crippen LogP contribution in [-0.2, 0) is 6.54 Å². The van der Waals surface area contributed by atoms with Crippen LogP contribution in [0.3, 0.4) is 0 Å². The Balaban J connectivity index is 2.12. The number of carbonyl (C=O) groups is 1. The van der Waals surface area contributed by atoms with Gasteiger partial charge in [0.15, 0.2) is 0 Å². The van der Waals surface area contributed by atoms with Gasteiger partial charge in [0.05, 0.1) is 16.9 Å². The number of carboxylic acids is 1. The minimum atomic E-state index is -0.957. The van der Waals surface area contributed by atoms with E-state index in [1.165, 1.54) is 0 Å². The van der Waals surface area contributed by atoms with Gasteiger partial charge in [-0.2, -0.15) is 0 Å². The molecule has 2 rings (SSSR count). The maximum absolute atomic E-state index is 11.1. The predicted molar refractivity (Wildman–Crippen MR) is 66.3 cm³/mol. The van der Waals surface area contributed by atoms with E-state index in [-0.39, 0.29) is 5.56 Å². The van der Waals surface area contributed by atoms with Crippen LogP contribution in [-0.4, -0.2) is 44.8 Å². The van der Waals surface area contributed by atoms with Gasteiger partial charge < -0.3 is 10.2 Å². The fourth-order valence-electron chi connectivity index (χ4n) is 2.43. The van der Waals surface area contributed by atoms with Crippen LogP contribution in [0.1, 0.15) is 35.8 Å². The number of pyridine rings is 1. The van der Waals surface area contributed by atoms with Crippen LogP contribution in [0.5, 0.6) is 0 Å². The fraction of sp³-hybridized carbons (Fsp3) is 0.538. The lowest BCUT2D eigenvalue weighted by Crippen LogP contribution is -2.45. The third-order valence-electron chi connectivity index (χ3n) is 3.25. The molecule has 0 aliphatic carbocycles. The molecule has 1 saturated heterocycles. The Kier molecular flexibility index (Phi) is 3.63. The van der Waals surface area contributed by atoms with Crippen LogP contribution in [0.2, 0.25) is 0 Å². The molecule has 1 aromatic rings. The van der Waals surface area contributed by atoms with Crippen LogP contribution in [0.15, 0.2) is 18.3 Å². The normalized spacial score (nSPS) is 25.0. The molecule has 2 N–H and O–H groups in total. The molecule has 98 valence electrons. The predicted octanol–water partition coefficient (Wildman–Crippen LogP) is 1.13. The third kappa shape index (κ3) is 3.05. The molecule has 1 aliphatic heterocycles. The molecule has 1 aromatic heterocycles. The highest BCUT2D eigenvalue weighted by molar-refractivity contribution is 5.88. The van der Waals surface area contributed by atoms with E-state index in [1.807, 2.05) is 6.92 Å². The summed E-state index contributed by atoms with van der Waals surface area (Å²) in [7, 11) is 0. The van der Waals surface area contributed by atoms with E-state index in [2.05, 4.69) is 9.88 Å². The maximum Gasteiger partial charge on any atom is 0.337 e. The number of hydrogen-bond acceptors (Lipinski definition) is 4. The minimum Gasteiger partial charge on any atom is -0.478 e. The Labute approximate surface area is 106 Å². The van der Waals surface area contributed by atoms with Gasteiger partial charge in [-0.05, 0) is 38.4 Å². The standard InChI is InChI=1S/C13H18N2O3/c1-13(18)5-3-7-15(9-13)8-11-10(12(16)17)4-2-6-14-11/h2,4,6,18H,3,5,7-9H2,1H3,(H,16,17). The quantitative estimate of drug-likeness (QED) is 0.841. The second kappa shape index (κ2) is 5.04. The van der Waals surface area contributed by atoms with Crippen LogP contribution < -0.4 is 0 Å². The zero-order valence-corrected chi connectivity index (χ0v) is 10.5. The summed E-state index contributed by atoms with van der Waals surface area (Å²) in [5.41, 5.74) is 0.113. The second-order valence-corrected chi connectivity index (χ2v) is 5.11. The van der Waals surface area contributed by atoms with Crippen molar-refractivity contribution >= 4 is 5.97 Å². The molecule has 1 atom stereocenters. The minimum absolute atomic E-state index is 0.239. The van der Waals surface area contributed by atoms with Crippen LogP contribution >= 0.6 is 0 Å². The molecule has 5 heteroatoms. The number of rotatable bonds is 3. The maximum atomic E-state index is 11.1. The van der Waals surface area contributed by atoms with Crippen molar-refractivity contribution in [3.63, 3.8) is 0 Å². The molecule has 0 radical (unpaired) electrons. The summed E-state index contributed by atoms with van der Waals surface area (Å²) in [4.78, 5) is 17.3. The van der Waals surface area contributed by atoms with Gasteiger partial charge in [0.25, 0.3) is 0 Å². The molecule has 0 saturated carbocycles. The number of aromatic carboxylic acids is 1. The monoisotopic (exact) mass is 250 g/mol. The number of hydrogen-bond donors (Lipinski definition) is 2. The Morgan fingerprint density at radius 2 is 2.39 bits per heavy atom. The summed E-state index contributed by atoms with van der Waals surface area (Å²) in [6, 6.07) is 3.19. The number of β-amino-alcohol motifs (C(OH)–C–C–N with tert-alkyl or cyclic N) is 1. The molecule has 1 aliphatic rings. The lowest BCUT2D eigenvalue weighted by molar-refractivity contribution is -0.0185. The molecule has 1 fully saturated rings. The van der Waals surface area contributed by atoms with Gasteiger partial charge in [-0.25, -0.2) is 4.79 Å². The fourth-order valence-corrected chi connectivity index (χ4v) is 2.43. The molecule has 18 heavy (non-hydrogen) atoms. The topological polar surface area (TPSA) is 73.7 Å². The molecule has 0 bridgehead atoms. The third-order valence-corrected chi connectivity index (χ3v) is 3.25. The molecule has 0 amide bonds. The lowest BCUT2D eigenvalue weighted by atomic mass is 9.95. The summed E-state index contributed by atoms with van der Waals surface area (Å²) in [6.45, 7) is 3.71. The summed E-state index contributed by atoms with van der Waals surface area (Å²) in [5, 5.41) is 19.1. The van der Waals surface area contributed by atoms with Crippen molar-refractivity contribution in [2.24, 2.45) is 0 Å². The lowest BCUT2D eigenvalue weighted by Gasteiger charge is -2.36. The highest BCUT2D eigenvalue weighted by atomic mass is 16.4. The first-order chi connectivity index (χ1) is 8.48. The van der Waals surface area contributed by atoms with Crippen LogP contribution in [0, 0.1) is 0 Å². The van der Waals surface area contributed by atoms with E-state index in [9.17, 15) is 9.90 Å². The summed E-state index contributed by atoms with van der Waals surface area (Å²) >= 11 is 0. The van der Waals surface area contributed by atoms with Gasteiger partial charge in [-0.3, -0.25) is 9.88 Å². The van der Waals surface area contributed by atoms with Gasteiger partial charge in [0, 0.05) is 19.3 Å². The Morgan fingerprint density at radius 1 is 1.61 bits per heavy atom. The van der Waals surface area contributed by atoms with E-state index in [1.54, 1.807) is 18.3 Å². The first-order valence-corrected chi connectivity index (χ1v) is 6.10. The van der Waals surface area contributed by atoms with E-state index in [0.29, 0.717) is 18.8 Å². The second-order valence-electron chi connectivity index (χ2n) is 5.11. The van der Waals surface area contributed by atoms with Gasteiger partial charge in [0.2, 0.25) is 0 Å². The van der Waals surface area contributed by atoms with Crippen molar-refractivity contribution in [3.8, 4) is 0 Å². The summed E-state index contributed by atoms with van der Waals surface area (Å²) in [6.07, 6.45) is 3.31. The largest absolute Gasteiger partial charge is 0.478 e. The van der Waals surface area contributed by atoms with Crippen LogP contribution in [0.25, 0.3) is 0 Å². The first kappa shape index (κ1) is 13.0. The van der Waals surface area contributed by atoms with Crippen molar-refractivity contribution in [2.45, 2.75) is 31.9 Å².